The Morgan fingerprint density at radius 2 is 2.28 bits per heavy atom. The van der Waals surface area contributed by atoms with Crippen LogP contribution in [0.2, 0.25) is 5.02 Å². The Hall–Kier alpha value is -1.10. The number of nitrogens with two attached hydrogens (primary N) is 1. The van der Waals surface area contributed by atoms with E-state index in [0.29, 0.717) is 18.1 Å². The molecule has 1 rings (SSSR count). The smallest absolute Gasteiger partial charge is 0.241 e. The molecule has 18 heavy (non-hydrogen) atoms. The van der Waals surface area contributed by atoms with Gasteiger partial charge in [-0.3, -0.25) is 4.79 Å². The van der Waals surface area contributed by atoms with Crippen molar-refractivity contribution in [1.29, 1.82) is 0 Å². The minimum atomic E-state index is -0.518. The number of aryl methyl sites for hydroxylation is 1. The molecule has 1 amide bonds. The number of hydrogen-bond donors (Lipinski definition) is 2. The summed E-state index contributed by atoms with van der Waals surface area (Å²) >= 11 is 5.85. The van der Waals surface area contributed by atoms with Crippen LogP contribution >= 0.6 is 11.6 Å². The maximum atomic E-state index is 11.8. The molecule has 0 aliphatic rings. The third kappa shape index (κ3) is 4.64. The summed E-state index contributed by atoms with van der Waals surface area (Å²) < 4.78 is 4.92. The second kappa shape index (κ2) is 7.36. The Bertz CT molecular complexity index is 410. The third-order valence-electron chi connectivity index (χ3n) is 2.65. The molecule has 3 N–H and O–H groups in total. The molecule has 0 aliphatic carbocycles. The van der Waals surface area contributed by atoms with Crippen molar-refractivity contribution in [1.82, 2.24) is 0 Å². The van der Waals surface area contributed by atoms with Crippen molar-refractivity contribution in [2.24, 2.45) is 5.73 Å². The van der Waals surface area contributed by atoms with Gasteiger partial charge in [-0.25, -0.2) is 0 Å². The lowest BCUT2D eigenvalue weighted by Gasteiger charge is -2.13. The van der Waals surface area contributed by atoms with Crippen molar-refractivity contribution in [3.05, 3.63) is 28.8 Å². The van der Waals surface area contributed by atoms with E-state index in [0.717, 1.165) is 17.7 Å². The fraction of sp³-hybridized carbons (Fsp3) is 0.462. The normalized spacial score (nSPS) is 12.2. The number of halogens is 1. The fourth-order valence-corrected chi connectivity index (χ4v) is 1.80. The maximum absolute atomic E-state index is 11.8. The number of nitrogens with one attached hydrogen (secondary N) is 1. The van der Waals surface area contributed by atoms with Crippen LogP contribution in [0.5, 0.6) is 0 Å². The molecular formula is C13H19ClN2O2. The van der Waals surface area contributed by atoms with E-state index in [1.54, 1.807) is 25.3 Å². The van der Waals surface area contributed by atoms with Gasteiger partial charge in [0.2, 0.25) is 5.91 Å². The first kappa shape index (κ1) is 15.0. The van der Waals surface area contributed by atoms with E-state index in [1.807, 2.05) is 6.92 Å². The Balaban J connectivity index is 2.53. The van der Waals surface area contributed by atoms with Gasteiger partial charge >= 0.3 is 0 Å². The standard InChI is InChI=1S/C13H19ClN2O2/c1-9-8-10(14)5-6-12(9)16-13(17)11(15)4-3-7-18-2/h5-6,8,11H,3-4,7,15H2,1-2H3,(H,16,17). The first-order valence-electron chi connectivity index (χ1n) is 5.86. The molecule has 5 heteroatoms. The first-order chi connectivity index (χ1) is 8.54. The zero-order valence-corrected chi connectivity index (χ0v) is 11.5. The van der Waals surface area contributed by atoms with Gasteiger partial charge in [0.25, 0.3) is 0 Å². The zero-order valence-electron chi connectivity index (χ0n) is 10.7. The molecule has 100 valence electrons. The topological polar surface area (TPSA) is 64.3 Å². The molecule has 0 radical (unpaired) electrons. The number of carbonyl (C=O) groups excluding carboxylic acids is 1. The third-order valence-corrected chi connectivity index (χ3v) is 2.88. The van der Waals surface area contributed by atoms with Gasteiger partial charge < -0.3 is 15.8 Å². The van der Waals surface area contributed by atoms with E-state index in [4.69, 9.17) is 22.1 Å². The van der Waals surface area contributed by atoms with Gasteiger partial charge in [0.1, 0.15) is 0 Å². The highest BCUT2D eigenvalue weighted by atomic mass is 35.5. The molecule has 0 bridgehead atoms. The van der Waals surface area contributed by atoms with Gasteiger partial charge in [-0.05, 0) is 43.5 Å². The van der Waals surface area contributed by atoms with E-state index >= 15 is 0 Å². The largest absolute Gasteiger partial charge is 0.385 e. The number of ether oxygens (including phenoxy) is 1. The van der Waals surface area contributed by atoms with Crippen LogP contribution in [0, 0.1) is 6.92 Å². The fourth-order valence-electron chi connectivity index (χ4n) is 1.57. The number of methoxy groups -OCH3 is 1. The van der Waals surface area contributed by atoms with Gasteiger partial charge in [0.15, 0.2) is 0 Å². The molecule has 1 unspecified atom stereocenters. The van der Waals surface area contributed by atoms with E-state index < -0.39 is 6.04 Å². The van der Waals surface area contributed by atoms with Gasteiger partial charge in [-0.1, -0.05) is 11.6 Å². The Kier molecular flexibility index (Phi) is 6.12. The van der Waals surface area contributed by atoms with Crippen LogP contribution < -0.4 is 11.1 Å². The lowest BCUT2D eigenvalue weighted by Crippen LogP contribution is -2.35. The highest BCUT2D eigenvalue weighted by Gasteiger charge is 2.13. The number of carbonyl (C=O) groups is 1. The molecule has 0 spiro atoms. The minimum Gasteiger partial charge on any atom is -0.385 e. The van der Waals surface area contributed by atoms with E-state index in [9.17, 15) is 4.79 Å². The van der Waals surface area contributed by atoms with Gasteiger partial charge in [-0.2, -0.15) is 0 Å². The maximum Gasteiger partial charge on any atom is 0.241 e. The van der Waals surface area contributed by atoms with Crippen molar-refractivity contribution in [2.45, 2.75) is 25.8 Å². The summed E-state index contributed by atoms with van der Waals surface area (Å²) in [6, 6.07) is 4.79. The quantitative estimate of drug-likeness (QED) is 0.780. The molecule has 4 nitrogen and oxygen atoms in total. The molecule has 0 aliphatic heterocycles. The summed E-state index contributed by atoms with van der Waals surface area (Å²) in [6.07, 6.45) is 1.37. The molecule has 1 aromatic carbocycles. The lowest BCUT2D eigenvalue weighted by molar-refractivity contribution is -0.117. The average molecular weight is 271 g/mol. The second-order valence-electron chi connectivity index (χ2n) is 4.19. The lowest BCUT2D eigenvalue weighted by atomic mass is 10.1. The number of hydrogen-bond acceptors (Lipinski definition) is 3. The molecule has 0 saturated carbocycles. The Labute approximate surface area is 112 Å². The number of anilines is 1. The molecule has 1 atom stereocenters. The summed E-state index contributed by atoms with van der Waals surface area (Å²) in [4.78, 5) is 11.8. The van der Waals surface area contributed by atoms with Crippen molar-refractivity contribution in [3.63, 3.8) is 0 Å². The van der Waals surface area contributed by atoms with Crippen LogP contribution in [0.25, 0.3) is 0 Å². The van der Waals surface area contributed by atoms with Crippen LogP contribution in [-0.4, -0.2) is 25.7 Å². The second-order valence-corrected chi connectivity index (χ2v) is 4.63. The summed E-state index contributed by atoms with van der Waals surface area (Å²) in [5.41, 5.74) is 7.45. The van der Waals surface area contributed by atoms with Crippen LogP contribution in [0.3, 0.4) is 0 Å². The number of benzene rings is 1. The van der Waals surface area contributed by atoms with Crippen molar-refractivity contribution in [2.75, 3.05) is 19.0 Å². The van der Waals surface area contributed by atoms with E-state index in [-0.39, 0.29) is 5.91 Å². The first-order valence-corrected chi connectivity index (χ1v) is 6.24. The number of amides is 1. The minimum absolute atomic E-state index is 0.184. The van der Waals surface area contributed by atoms with Crippen LogP contribution in [0.1, 0.15) is 18.4 Å². The summed E-state index contributed by atoms with van der Waals surface area (Å²) in [7, 11) is 1.63. The molecule has 0 saturated heterocycles. The van der Waals surface area contributed by atoms with Crippen LogP contribution in [0.15, 0.2) is 18.2 Å². The number of rotatable bonds is 6. The molecule has 0 fully saturated rings. The zero-order chi connectivity index (χ0) is 13.5. The summed E-state index contributed by atoms with van der Waals surface area (Å²) in [5.74, 6) is -0.184. The van der Waals surface area contributed by atoms with Gasteiger partial charge in [0.05, 0.1) is 6.04 Å². The molecule has 1 aromatic rings. The molecular weight excluding hydrogens is 252 g/mol. The van der Waals surface area contributed by atoms with Gasteiger partial charge in [0, 0.05) is 24.4 Å². The summed E-state index contributed by atoms with van der Waals surface area (Å²) in [6.45, 7) is 2.50. The van der Waals surface area contributed by atoms with Crippen molar-refractivity contribution in [3.8, 4) is 0 Å². The van der Waals surface area contributed by atoms with E-state index in [2.05, 4.69) is 5.32 Å². The predicted molar refractivity (Wildman–Crippen MR) is 73.9 cm³/mol. The highest BCUT2D eigenvalue weighted by Crippen LogP contribution is 2.19. The SMILES string of the molecule is COCCCC(N)C(=O)Nc1ccc(Cl)cc1C. The van der Waals surface area contributed by atoms with Crippen LogP contribution in [0.4, 0.5) is 5.69 Å². The monoisotopic (exact) mass is 270 g/mol. The molecule has 0 heterocycles. The average Bonchev–Trinajstić information content (AvgIpc) is 2.32. The van der Waals surface area contributed by atoms with Crippen molar-refractivity contribution < 1.29 is 9.53 Å². The Morgan fingerprint density at radius 1 is 1.56 bits per heavy atom. The van der Waals surface area contributed by atoms with Crippen molar-refractivity contribution >= 4 is 23.2 Å². The summed E-state index contributed by atoms with van der Waals surface area (Å²) in [5, 5.41) is 3.45. The molecule has 0 aromatic heterocycles. The van der Waals surface area contributed by atoms with Crippen LogP contribution in [-0.2, 0) is 9.53 Å². The van der Waals surface area contributed by atoms with E-state index in [1.165, 1.54) is 0 Å². The Morgan fingerprint density at radius 3 is 2.89 bits per heavy atom. The highest BCUT2D eigenvalue weighted by molar-refractivity contribution is 6.30. The predicted octanol–water partition coefficient (Wildman–Crippen LogP) is 2.34. The van der Waals surface area contributed by atoms with Gasteiger partial charge in [-0.15, -0.1) is 0 Å².